The van der Waals surface area contributed by atoms with Gasteiger partial charge in [0.15, 0.2) is 11.6 Å². The second-order valence-corrected chi connectivity index (χ2v) is 3.98. The van der Waals surface area contributed by atoms with Gasteiger partial charge in [-0.25, -0.2) is 4.39 Å². The van der Waals surface area contributed by atoms with Crippen LogP contribution in [0.4, 0.5) is 21.6 Å². The third-order valence-corrected chi connectivity index (χ3v) is 2.57. The number of benzene rings is 1. The second-order valence-electron chi connectivity index (χ2n) is 3.98. The van der Waals surface area contributed by atoms with Crippen molar-refractivity contribution in [1.82, 2.24) is 5.16 Å². The molecule has 0 bridgehead atoms. The fraction of sp³-hybridized carbons (Fsp3) is 0.167. The highest BCUT2D eigenvalue weighted by atomic mass is 19.1. The van der Waals surface area contributed by atoms with Gasteiger partial charge in [-0.15, -0.1) is 0 Å². The standard InChI is InChI=1S/C12H11FN4O4/c1-2-14-9-5-7(10(17(19)20)6-8(9)13)12(18)15-11-3-4-21-16-11/h3-6,14H,2H2,1H3,(H,15,16,18). The summed E-state index contributed by atoms with van der Waals surface area (Å²) in [5, 5.41) is 19.4. The van der Waals surface area contributed by atoms with Gasteiger partial charge in [-0.3, -0.25) is 14.9 Å². The summed E-state index contributed by atoms with van der Waals surface area (Å²) in [5.74, 6) is -1.49. The number of halogens is 1. The van der Waals surface area contributed by atoms with E-state index in [9.17, 15) is 19.3 Å². The summed E-state index contributed by atoms with van der Waals surface area (Å²) in [6, 6.07) is 3.17. The van der Waals surface area contributed by atoms with Crippen molar-refractivity contribution in [2.24, 2.45) is 0 Å². The van der Waals surface area contributed by atoms with Gasteiger partial charge >= 0.3 is 0 Å². The minimum atomic E-state index is -0.823. The lowest BCUT2D eigenvalue weighted by atomic mass is 10.1. The van der Waals surface area contributed by atoms with E-state index in [4.69, 9.17) is 0 Å². The van der Waals surface area contributed by atoms with Crippen molar-refractivity contribution in [3.63, 3.8) is 0 Å². The molecule has 0 spiro atoms. The van der Waals surface area contributed by atoms with Crippen LogP contribution in [-0.4, -0.2) is 22.5 Å². The maximum atomic E-state index is 13.7. The maximum absolute atomic E-state index is 13.7. The Kier molecular flexibility index (Phi) is 4.12. The van der Waals surface area contributed by atoms with Gasteiger partial charge in [0, 0.05) is 12.6 Å². The number of aromatic nitrogens is 1. The van der Waals surface area contributed by atoms with E-state index < -0.39 is 22.3 Å². The SMILES string of the molecule is CCNc1cc(C(=O)Nc2ccon2)c([N+](=O)[O-])cc1F. The van der Waals surface area contributed by atoms with Crippen molar-refractivity contribution in [2.75, 3.05) is 17.2 Å². The predicted molar refractivity (Wildman–Crippen MR) is 71.7 cm³/mol. The Morgan fingerprint density at radius 3 is 2.86 bits per heavy atom. The first-order chi connectivity index (χ1) is 10.0. The number of carbonyl (C=O) groups is 1. The summed E-state index contributed by atoms with van der Waals surface area (Å²) >= 11 is 0. The number of nitro benzene ring substituents is 1. The van der Waals surface area contributed by atoms with E-state index >= 15 is 0 Å². The van der Waals surface area contributed by atoms with Crippen molar-refractivity contribution in [2.45, 2.75) is 6.92 Å². The van der Waals surface area contributed by atoms with E-state index in [0.717, 1.165) is 6.07 Å². The summed E-state index contributed by atoms with van der Waals surface area (Å²) in [7, 11) is 0. The fourth-order valence-corrected chi connectivity index (χ4v) is 1.68. The van der Waals surface area contributed by atoms with Gasteiger partial charge in [-0.1, -0.05) is 5.16 Å². The number of nitrogens with one attached hydrogen (secondary N) is 2. The monoisotopic (exact) mass is 294 g/mol. The lowest BCUT2D eigenvalue weighted by Gasteiger charge is -2.08. The molecule has 0 radical (unpaired) electrons. The molecule has 0 aliphatic rings. The van der Waals surface area contributed by atoms with E-state index in [1.54, 1.807) is 6.92 Å². The number of anilines is 2. The summed E-state index contributed by atoms with van der Waals surface area (Å²) in [4.78, 5) is 22.2. The van der Waals surface area contributed by atoms with E-state index in [-0.39, 0.29) is 17.1 Å². The van der Waals surface area contributed by atoms with Crippen molar-refractivity contribution >= 4 is 23.1 Å². The average Bonchev–Trinajstić information content (AvgIpc) is 2.93. The van der Waals surface area contributed by atoms with E-state index in [1.165, 1.54) is 12.3 Å². The van der Waals surface area contributed by atoms with Crippen LogP contribution < -0.4 is 10.6 Å². The van der Waals surface area contributed by atoms with Gasteiger partial charge in [0.05, 0.1) is 16.7 Å². The van der Waals surface area contributed by atoms with Crippen LogP contribution in [0.1, 0.15) is 17.3 Å². The van der Waals surface area contributed by atoms with Crippen LogP contribution >= 0.6 is 0 Å². The van der Waals surface area contributed by atoms with E-state index in [1.807, 2.05) is 0 Å². The molecule has 2 aromatic rings. The molecule has 1 aromatic heterocycles. The number of nitro groups is 1. The van der Waals surface area contributed by atoms with Gasteiger partial charge in [-0.2, -0.15) is 0 Å². The van der Waals surface area contributed by atoms with E-state index in [2.05, 4.69) is 20.3 Å². The number of carbonyl (C=O) groups excluding carboxylic acids is 1. The molecule has 2 N–H and O–H groups in total. The van der Waals surface area contributed by atoms with Gasteiger partial charge in [0.2, 0.25) is 0 Å². The highest BCUT2D eigenvalue weighted by Crippen LogP contribution is 2.26. The molecule has 0 saturated heterocycles. The largest absolute Gasteiger partial charge is 0.383 e. The zero-order chi connectivity index (χ0) is 15.4. The van der Waals surface area contributed by atoms with Gasteiger partial charge in [0.25, 0.3) is 11.6 Å². The lowest BCUT2D eigenvalue weighted by molar-refractivity contribution is -0.385. The third-order valence-electron chi connectivity index (χ3n) is 2.57. The van der Waals surface area contributed by atoms with Gasteiger partial charge < -0.3 is 15.2 Å². The molecule has 8 nitrogen and oxygen atoms in total. The Morgan fingerprint density at radius 2 is 2.29 bits per heavy atom. The normalized spacial score (nSPS) is 10.2. The summed E-state index contributed by atoms with van der Waals surface area (Å²) in [6.45, 7) is 2.13. The molecule has 0 saturated carbocycles. The highest BCUT2D eigenvalue weighted by Gasteiger charge is 2.24. The molecule has 1 heterocycles. The molecule has 0 aliphatic heterocycles. The Hall–Kier alpha value is -2.97. The lowest BCUT2D eigenvalue weighted by Crippen LogP contribution is -2.15. The van der Waals surface area contributed by atoms with Crippen LogP contribution in [0.25, 0.3) is 0 Å². The predicted octanol–water partition coefficient (Wildman–Crippen LogP) is 2.41. The molecule has 0 fully saturated rings. The molecule has 21 heavy (non-hydrogen) atoms. The van der Waals surface area contributed by atoms with Crippen molar-refractivity contribution in [3.05, 3.63) is 46.0 Å². The maximum Gasteiger partial charge on any atom is 0.285 e. The fourth-order valence-electron chi connectivity index (χ4n) is 1.68. The Bertz CT molecular complexity index is 672. The Balaban J connectivity index is 2.41. The molecule has 1 amide bonds. The zero-order valence-corrected chi connectivity index (χ0v) is 10.9. The molecule has 2 rings (SSSR count). The average molecular weight is 294 g/mol. The van der Waals surface area contributed by atoms with Crippen molar-refractivity contribution in [3.8, 4) is 0 Å². The first-order valence-corrected chi connectivity index (χ1v) is 5.96. The van der Waals surface area contributed by atoms with Gasteiger partial charge in [-0.05, 0) is 13.0 Å². The van der Waals surface area contributed by atoms with Crippen LogP contribution in [-0.2, 0) is 0 Å². The smallest absolute Gasteiger partial charge is 0.285 e. The van der Waals surface area contributed by atoms with Crippen LogP contribution in [0.5, 0.6) is 0 Å². The van der Waals surface area contributed by atoms with Crippen LogP contribution in [0, 0.1) is 15.9 Å². The van der Waals surface area contributed by atoms with Gasteiger partial charge in [0.1, 0.15) is 11.8 Å². The molecule has 0 unspecified atom stereocenters. The number of rotatable bonds is 5. The van der Waals surface area contributed by atoms with Crippen molar-refractivity contribution < 1.29 is 18.6 Å². The summed E-state index contributed by atoms with van der Waals surface area (Å²) in [5.41, 5.74) is -0.899. The quantitative estimate of drug-likeness (QED) is 0.647. The summed E-state index contributed by atoms with van der Waals surface area (Å²) in [6.07, 6.45) is 1.23. The first kappa shape index (κ1) is 14.4. The minimum absolute atomic E-state index is 0.00778. The van der Waals surface area contributed by atoms with Crippen molar-refractivity contribution in [1.29, 1.82) is 0 Å². The molecule has 1 aromatic carbocycles. The third kappa shape index (κ3) is 3.14. The first-order valence-electron chi connectivity index (χ1n) is 5.96. The molecular formula is C12H11FN4O4. The number of hydrogen-bond donors (Lipinski definition) is 2. The van der Waals surface area contributed by atoms with Crippen LogP contribution in [0.3, 0.4) is 0 Å². The molecule has 0 atom stereocenters. The zero-order valence-electron chi connectivity index (χ0n) is 10.9. The number of amides is 1. The van der Waals surface area contributed by atoms with Crippen LogP contribution in [0.15, 0.2) is 29.0 Å². The van der Waals surface area contributed by atoms with E-state index in [0.29, 0.717) is 12.6 Å². The number of nitrogens with zero attached hydrogens (tertiary/aromatic N) is 2. The van der Waals surface area contributed by atoms with Crippen LogP contribution in [0.2, 0.25) is 0 Å². The molecule has 9 heteroatoms. The number of hydrogen-bond acceptors (Lipinski definition) is 6. The Labute approximate surface area is 118 Å². The Morgan fingerprint density at radius 1 is 1.52 bits per heavy atom. The molecule has 0 aliphatic carbocycles. The topological polar surface area (TPSA) is 110 Å². The summed E-state index contributed by atoms with van der Waals surface area (Å²) < 4.78 is 18.2. The minimum Gasteiger partial charge on any atom is -0.383 e. The second kappa shape index (κ2) is 5.99. The molecular weight excluding hydrogens is 283 g/mol. The molecule has 110 valence electrons. The highest BCUT2D eigenvalue weighted by molar-refractivity contribution is 6.07.